The molecule has 1 aliphatic rings. The maximum atomic E-state index is 12.9. The number of aromatic nitrogens is 4. The number of nitrogens with zero attached hydrogens (tertiary/aromatic N) is 4. The van der Waals surface area contributed by atoms with Crippen molar-refractivity contribution in [3.8, 4) is 0 Å². The number of halogens is 1. The van der Waals surface area contributed by atoms with Gasteiger partial charge in [-0.05, 0) is 55.5 Å². The zero-order valence-electron chi connectivity index (χ0n) is 13.0. The monoisotopic (exact) mass is 318 g/mol. The Bertz CT molecular complexity index is 678. The number of tetrazole rings is 1. The Kier molecular flexibility index (Phi) is 4.22. The first kappa shape index (κ1) is 15.4. The largest absolute Gasteiger partial charge is 0.335 e. The Morgan fingerprint density at radius 1 is 1.30 bits per heavy atom. The molecular formula is C15H19FN6O. The van der Waals surface area contributed by atoms with Crippen molar-refractivity contribution in [1.82, 2.24) is 25.5 Å². The topological polar surface area (TPSA) is 84.7 Å². The molecular weight excluding hydrogens is 299 g/mol. The number of anilines is 1. The minimum atomic E-state index is -0.337. The highest BCUT2D eigenvalue weighted by Crippen LogP contribution is 2.36. The molecule has 7 nitrogen and oxygen atoms in total. The summed E-state index contributed by atoms with van der Waals surface area (Å²) in [5.41, 5.74) is 1.10. The van der Waals surface area contributed by atoms with E-state index in [9.17, 15) is 9.18 Å². The second-order valence-electron chi connectivity index (χ2n) is 6.04. The van der Waals surface area contributed by atoms with Gasteiger partial charge in [-0.1, -0.05) is 17.2 Å². The number of amides is 2. The summed E-state index contributed by atoms with van der Waals surface area (Å²) in [4.78, 5) is 13.3. The third-order valence-electron chi connectivity index (χ3n) is 3.93. The molecule has 2 amide bonds. The fraction of sp³-hybridized carbons (Fsp3) is 0.467. The highest BCUT2D eigenvalue weighted by molar-refractivity contribution is 5.87. The molecule has 8 heteroatoms. The molecule has 1 saturated carbocycles. The lowest BCUT2D eigenvalue weighted by Crippen LogP contribution is -2.45. The standard InChI is InChI=1S/C15H19FN6O/c1-9(2)22-20-14(19-21-22)18-15(23)17-13-7-11(8-13)10-3-5-12(16)6-4-10/h3-6,9,11,13H,7-8H2,1-2H3,(H2,17,18,20,23). The summed E-state index contributed by atoms with van der Waals surface area (Å²) >= 11 is 0. The van der Waals surface area contributed by atoms with Gasteiger partial charge in [-0.25, -0.2) is 9.18 Å². The minimum absolute atomic E-state index is 0.0872. The van der Waals surface area contributed by atoms with Crippen LogP contribution in [0.5, 0.6) is 0 Å². The number of rotatable bonds is 4. The van der Waals surface area contributed by atoms with Crippen molar-refractivity contribution in [3.63, 3.8) is 0 Å². The van der Waals surface area contributed by atoms with Crippen LogP contribution in [0.4, 0.5) is 15.1 Å². The molecule has 1 fully saturated rings. The fourth-order valence-corrected chi connectivity index (χ4v) is 2.56. The van der Waals surface area contributed by atoms with Crippen molar-refractivity contribution in [3.05, 3.63) is 35.6 Å². The maximum Gasteiger partial charge on any atom is 0.321 e. The molecule has 2 aromatic rings. The van der Waals surface area contributed by atoms with E-state index in [-0.39, 0.29) is 29.9 Å². The maximum absolute atomic E-state index is 12.9. The average Bonchev–Trinajstić information content (AvgIpc) is 2.92. The predicted molar refractivity (Wildman–Crippen MR) is 82.5 cm³/mol. The summed E-state index contributed by atoms with van der Waals surface area (Å²) in [5, 5.41) is 17.1. The number of carbonyl (C=O) groups is 1. The Hall–Kier alpha value is -2.51. The minimum Gasteiger partial charge on any atom is -0.335 e. The lowest BCUT2D eigenvalue weighted by Gasteiger charge is -2.36. The van der Waals surface area contributed by atoms with E-state index in [1.165, 1.54) is 16.9 Å². The van der Waals surface area contributed by atoms with E-state index in [2.05, 4.69) is 26.0 Å². The molecule has 1 heterocycles. The SMILES string of the molecule is CC(C)n1nnc(NC(=O)NC2CC(c3ccc(F)cc3)C2)n1. The van der Waals surface area contributed by atoms with Crippen molar-refractivity contribution in [2.24, 2.45) is 0 Å². The molecule has 0 spiro atoms. The third kappa shape index (κ3) is 3.64. The molecule has 0 saturated heterocycles. The Morgan fingerprint density at radius 2 is 2.00 bits per heavy atom. The predicted octanol–water partition coefficient (Wildman–Crippen LogP) is 2.46. The van der Waals surface area contributed by atoms with Crippen molar-refractivity contribution in [1.29, 1.82) is 0 Å². The van der Waals surface area contributed by atoms with Gasteiger partial charge in [-0.2, -0.15) is 4.80 Å². The molecule has 0 aliphatic heterocycles. The van der Waals surface area contributed by atoms with Crippen LogP contribution in [0.2, 0.25) is 0 Å². The van der Waals surface area contributed by atoms with Crippen molar-refractivity contribution in [2.75, 3.05) is 5.32 Å². The van der Waals surface area contributed by atoms with E-state index >= 15 is 0 Å². The van der Waals surface area contributed by atoms with E-state index < -0.39 is 0 Å². The van der Waals surface area contributed by atoms with Crippen molar-refractivity contribution >= 4 is 12.0 Å². The van der Waals surface area contributed by atoms with Gasteiger partial charge in [0.05, 0.1) is 6.04 Å². The first-order valence-corrected chi connectivity index (χ1v) is 7.63. The van der Waals surface area contributed by atoms with Crippen LogP contribution >= 0.6 is 0 Å². The van der Waals surface area contributed by atoms with Gasteiger partial charge in [0.1, 0.15) is 5.82 Å². The van der Waals surface area contributed by atoms with Crippen molar-refractivity contribution < 1.29 is 9.18 Å². The molecule has 1 aromatic heterocycles. The normalized spacial score (nSPS) is 20.2. The van der Waals surface area contributed by atoms with Gasteiger partial charge >= 0.3 is 6.03 Å². The van der Waals surface area contributed by atoms with Gasteiger partial charge in [-0.3, -0.25) is 5.32 Å². The van der Waals surface area contributed by atoms with Gasteiger partial charge in [0, 0.05) is 6.04 Å². The van der Waals surface area contributed by atoms with Crippen LogP contribution < -0.4 is 10.6 Å². The first-order chi connectivity index (χ1) is 11.0. The van der Waals surface area contributed by atoms with Crippen LogP contribution in [-0.2, 0) is 0 Å². The smallest absolute Gasteiger partial charge is 0.321 e. The zero-order valence-corrected chi connectivity index (χ0v) is 13.0. The van der Waals surface area contributed by atoms with E-state index in [4.69, 9.17) is 0 Å². The van der Waals surface area contributed by atoms with Crippen LogP contribution in [0.15, 0.2) is 24.3 Å². The number of carbonyl (C=O) groups excluding carboxylic acids is 1. The highest BCUT2D eigenvalue weighted by Gasteiger charge is 2.31. The lowest BCUT2D eigenvalue weighted by molar-refractivity contribution is 0.233. The van der Waals surface area contributed by atoms with Gasteiger partial charge in [-0.15, -0.1) is 5.10 Å². The molecule has 0 radical (unpaired) electrons. The molecule has 122 valence electrons. The summed E-state index contributed by atoms with van der Waals surface area (Å²) in [6.45, 7) is 3.85. The van der Waals surface area contributed by atoms with Crippen LogP contribution in [0.1, 0.15) is 44.2 Å². The molecule has 23 heavy (non-hydrogen) atoms. The van der Waals surface area contributed by atoms with E-state index in [1.807, 2.05) is 13.8 Å². The van der Waals surface area contributed by atoms with Gasteiger partial charge in [0.25, 0.3) is 5.95 Å². The molecule has 1 aliphatic carbocycles. The quantitative estimate of drug-likeness (QED) is 0.907. The van der Waals surface area contributed by atoms with E-state index in [0.29, 0.717) is 5.92 Å². The summed E-state index contributed by atoms with van der Waals surface area (Å²) in [7, 11) is 0. The van der Waals surface area contributed by atoms with Crippen molar-refractivity contribution in [2.45, 2.75) is 44.7 Å². The van der Waals surface area contributed by atoms with Crippen LogP contribution in [0, 0.1) is 5.82 Å². The van der Waals surface area contributed by atoms with E-state index in [0.717, 1.165) is 18.4 Å². The average molecular weight is 318 g/mol. The highest BCUT2D eigenvalue weighted by atomic mass is 19.1. The van der Waals surface area contributed by atoms with Crippen LogP contribution in [0.25, 0.3) is 0 Å². The number of urea groups is 1. The molecule has 0 unspecified atom stereocenters. The summed E-state index contributed by atoms with van der Waals surface area (Å²) in [5.74, 6) is 0.315. The third-order valence-corrected chi connectivity index (χ3v) is 3.93. The Labute approximate surface area is 133 Å². The number of nitrogens with one attached hydrogen (secondary N) is 2. The number of hydrogen-bond donors (Lipinski definition) is 2. The zero-order chi connectivity index (χ0) is 16.4. The molecule has 0 bridgehead atoms. The summed E-state index contributed by atoms with van der Waals surface area (Å²) < 4.78 is 12.9. The van der Waals surface area contributed by atoms with Gasteiger partial charge in [0.2, 0.25) is 0 Å². The number of hydrogen-bond acceptors (Lipinski definition) is 4. The van der Waals surface area contributed by atoms with Gasteiger partial charge < -0.3 is 5.32 Å². The molecule has 0 atom stereocenters. The Morgan fingerprint density at radius 3 is 2.61 bits per heavy atom. The van der Waals surface area contributed by atoms with Crippen LogP contribution in [-0.4, -0.2) is 32.3 Å². The fourth-order valence-electron chi connectivity index (χ4n) is 2.56. The van der Waals surface area contributed by atoms with Gasteiger partial charge in [0.15, 0.2) is 0 Å². The second-order valence-corrected chi connectivity index (χ2v) is 6.04. The molecule has 3 rings (SSSR count). The van der Waals surface area contributed by atoms with E-state index in [1.54, 1.807) is 12.1 Å². The lowest BCUT2D eigenvalue weighted by atomic mass is 9.76. The van der Waals surface area contributed by atoms with Crippen LogP contribution in [0.3, 0.4) is 0 Å². The summed E-state index contributed by atoms with van der Waals surface area (Å²) in [6.07, 6.45) is 1.68. The summed E-state index contributed by atoms with van der Waals surface area (Å²) in [6, 6.07) is 6.37. The molecule has 2 N–H and O–H groups in total. The second kappa shape index (κ2) is 6.31. The molecule has 1 aromatic carbocycles. The number of benzene rings is 1. The first-order valence-electron chi connectivity index (χ1n) is 7.63. The Balaban J connectivity index is 1.45.